The number of hydrogen-bond acceptors (Lipinski definition) is 11. The van der Waals surface area contributed by atoms with Crippen LogP contribution in [-0.2, 0) is 19.9 Å². The van der Waals surface area contributed by atoms with Crippen LogP contribution in [0, 0.1) is 10.1 Å². The fourth-order valence-corrected chi connectivity index (χ4v) is 4.55. The molecule has 38 heavy (non-hydrogen) atoms. The zero-order valence-electron chi connectivity index (χ0n) is 20.0. The summed E-state index contributed by atoms with van der Waals surface area (Å²) in [4.78, 5) is 48.9. The summed E-state index contributed by atoms with van der Waals surface area (Å²) in [5.41, 5.74) is -2.74. The molecule has 0 aliphatic carbocycles. The van der Waals surface area contributed by atoms with Crippen molar-refractivity contribution in [1.82, 2.24) is 0 Å². The van der Waals surface area contributed by atoms with Crippen LogP contribution in [0.1, 0.15) is 53.7 Å². The molecule has 0 saturated carbocycles. The van der Waals surface area contributed by atoms with E-state index in [-0.39, 0.29) is 40.8 Å². The molecule has 0 fully saturated rings. The predicted octanol–water partition coefficient (Wildman–Crippen LogP) is 4.20. The molecule has 2 aliphatic rings. The first-order valence-corrected chi connectivity index (χ1v) is 11.5. The van der Waals surface area contributed by atoms with E-state index in [4.69, 9.17) is 18.9 Å². The number of phenolic OH excluding ortho intramolecular Hbond substituents is 2. The number of phenols is 2. The fourth-order valence-electron chi connectivity index (χ4n) is 4.55. The second-order valence-electron chi connectivity index (χ2n) is 8.37. The van der Waals surface area contributed by atoms with Gasteiger partial charge in [0.25, 0.3) is 0 Å². The fraction of sp³-hybridized carbons (Fsp3) is 0.192. The standard InChI is InChI=1S/C26H19NO11/c1-3-18(30)36-23-16(29)11-17-20(24(23)37-19(31)4-2)26(13-8-6-5-7-12(13)25(32)38-26)14-9-10-15(28)21(27(33)34)22(14)35-17/h5-11,28-29H,3-4H2,1-2H3. The van der Waals surface area contributed by atoms with E-state index in [1.165, 1.54) is 32.0 Å². The maximum absolute atomic E-state index is 13.1. The smallest absolute Gasteiger partial charge is 0.353 e. The van der Waals surface area contributed by atoms with Crippen LogP contribution in [0.2, 0.25) is 0 Å². The van der Waals surface area contributed by atoms with Crippen molar-refractivity contribution in [2.45, 2.75) is 32.3 Å². The Hall–Kier alpha value is -5.13. The van der Waals surface area contributed by atoms with Crippen LogP contribution < -0.4 is 14.2 Å². The number of benzene rings is 3. The predicted molar refractivity (Wildman–Crippen MR) is 127 cm³/mol. The maximum atomic E-state index is 13.1. The van der Waals surface area contributed by atoms with Gasteiger partial charge in [-0.25, -0.2) is 4.79 Å². The largest absolute Gasteiger partial charge is 0.504 e. The average Bonchev–Trinajstić information content (AvgIpc) is 3.17. The number of nitro benzene ring substituents is 1. The van der Waals surface area contributed by atoms with Gasteiger partial charge in [0.15, 0.2) is 22.8 Å². The summed E-state index contributed by atoms with van der Waals surface area (Å²) in [5, 5.41) is 33.0. The molecule has 194 valence electrons. The van der Waals surface area contributed by atoms with Crippen LogP contribution in [0.4, 0.5) is 5.69 Å². The zero-order valence-corrected chi connectivity index (χ0v) is 20.0. The lowest BCUT2D eigenvalue weighted by molar-refractivity contribution is -0.386. The van der Waals surface area contributed by atoms with Crippen molar-refractivity contribution in [1.29, 1.82) is 0 Å². The Morgan fingerprint density at radius 2 is 1.63 bits per heavy atom. The molecule has 3 aromatic carbocycles. The Labute approximate surface area is 214 Å². The van der Waals surface area contributed by atoms with Gasteiger partial charge >= 0.3 is 23.6 Å². The van der Waals surface area contributed by atoms with Gasteiger partial charge in [0, 0.05) is 24.5 Å². The monoisotopic (exact) mass is 521 g/mol. The zero-order chi connectivity index (χ0) is 27.4. The van der Waals surface area contributed by atoms with Crippen molar-refractivity contribution in [3.63, 3.8) is 0 Å². The highest BCUT2D eigenvalue weighted by atomic mass is 16.6. The van der Waals surface area contributed by atoms with Crippen molar-refractivity contribution in [3.8, 4) is 34.5 Å². The van der Waals surface area contributed by atoms with Gasteiger partial charge in [-0.3, -0.25) is 19.7 Å². The number of fused-ring (bicyclic) bond motifs is 6. The SMILES string of the molecule is CCC(=O)Oc1c(O)cc2c(c1OC(=O)CC)C1(OC(=O)c3ccccc31)c1ccc(O)c([N+](=O)[O-])c1O2. The summed E-state index contributed by atoms with van der Waals surface area (Å²) in [6.07, 6.45) is -0.211. The molecule has 5 rings (SSSR count). The van der Waals surface area contributed by atoms with Gasteiger partial charge in [0.2, 0.25) is 11.5 Å². The second kappa shape index (κ2) is 8.76. The molecule has 0 aromatic heterocycles. The number of rotatable bonds is 5. The molecule has 1 unspecified atom stereocenters. The summed E-state index contributed by atoms with van der Waals surface area (Å²) in [6.45, 7) is 3.02. The number of esters is 3. The lowest BCUT2D eigenvalue weighted by Crippen LogP contribution is -2.34. The highest BCUT2D eigenvalue weighted by Crippen LogP contribution is 2.63. The number of ether oxygens (including phenoxy) is 4. The minimum Gasteiger partial charge on any atom is -0.504 e. The van der Waals surface area contributed by atoms with Gasteiger partial charge in [-0.2, -0.15) is 0 Å². The Balaban J connectivity index is 1.95. The number of carbonyl (C=O) groups excluding carboxylic acids is 3. The third kappa shape index (κ3) is 3.41. The van der Waals surface area contributed by atoms with Crippen LogP contribution in [0.25, 0.3) is 0 Å². The Bertz CT molecular complexity index is 1560. The number of carbonyl (C=O) groups is 3. The lowest BCUT2D eigenvalue weighted by Gasteiger charge is -2.37. The van der Waals surface area contributed by atoms with Crippen LogP contribution in [0.15, 0.2) is 42.5 Å². The van der Waals surface area contributed by atoms with Gasteiger partial charge in [0.1, 0.15) is 5.75 Å². The first-order valence-electron chi connectivity index (χ1n) is 11.5. The third-order valence-corrected chi connectivity index (χ3v) is 6.20. The van der Waals surface area contributed by atoms with E-state index in [1.807, 2.05) is 0 Å². The molecular weight excluding hydrogens is 502 g/mol. The highest BCUT2D eigenvalue weighted by molar-refractivity contribution is 5.98. The Kier molecular flexibility index (Phi) is 5.66. The molecule has 1 spiro atoms. The molecule has 2 heterocycles. The van der Waals surface area contributed by atoms with E-state index in [1.54, 1.807) is 12.1 Å². The Morgan fingerprint density at radius 3 is 2.29 bits per heavy atom. The Morgan fingerprint density at radius 1 is 0.974 bits per heavy atom. The van der Waals surface area contributed by atoms with Crippen LogP contribution in [0.3, 0.4) is 0 Å². The molecule has 0 saturated heterocycles. The molecular formula is C26H19NO11. The summed E-state index contributed by atoms with van der Waals surface area (Å²) in [7, 11) is 0. The van der Waals surface area contributed by atoms with E-state index in [0.29, 0.717) is 0 Å². The molecule has 0 radical (unpaired) electrons. The quantitative estimate of drug-likeness (QED) is 0.213. The van der Waals surface area contributed by atoms with Crippen molar-refractivity contribution < 1.29 is 48.5 Å². The molecule has 2 aliphatic heterocycles. The van der Waals surface area contributed by atoms with Crippen molar-refractivity contribution in [3.05, 3.63) is 74.8 Å². The highest BCUT2D eigenvalue weighted by Gasteiger charge is 2.58. The molecule has 12 nitrogen and oxygen atoms in total. The molecule has 0 amide bonds. The number of hydrogen-bond donors (Lipinski definition) is 2. The van der Waals surface area contributed by atoms with E-state index in [9.17, 15) is 34.7 Å². The van der Waals surface area contributed by atoms with Gasteiger partial charge in [0.05, 0.1) is 21.6 Å². The molecule has 3 aromatic rings. The first kappa shape index (κ1) is 24.6. The van der Waals surface area contributed by atoms with Crippen LogP contribution in [-0.4, -0.2) is 33.0 Å². The van der Waals surface area contributed by atoms with E-state index < -0.39 is 62.9 Å². The summed E-state index contributed by atoms with van der Waals surface area (Å²) < 4.78 is 22.6. The van der Waals surface area contributed by atoms with E-state index in [0.717, 1.165) is 12.1 Å². The van der Waals surface area contributed by atoms with E-state index >= 15 is 0 Å². The summed E-state index contributed by atoms with van der Waals surface area (Å²) in [6, 6.07) is 9.50. The van der Waals surface area contributed by atoms with Crippen LogP contribution >= 0.6 is 0 Å². The summed E-state index contributed by atoms with van der Waals surface area (Å²) >= 11 is 0. The van der Waals surface area contributed by atoms with Gasteiger partial charge < -0.3 is 29.2 Å². The first-order chi connectivity index (χ1) is 18.1. The maximum Gasteiger partial charge on any atom is 0.353 e. The average molecular weight is 521 g/mol. The van der Waals surface area contributed by atoms with Crippen molar-refractivity contribution in [2.24, 2.45) is 0 Å². The number of nitro groups is 1. The van der Waals surface area contributed by atoms with Gasteiger partial charge in [-0.15, -0.1) is 0 Å². The summed E-state index contributed by atoms with van der Waals surface area (Å²) in [5.74, 6) is -5.55. The van der Waals surface area contributed by atoms with Crippen molar-refractivity contribution in [2.75, 3.05) is 0 Å². The molecule has 2 N–H and O–H groups in total. The number of nitrogens with zero attached hydrogens (tertiary/aromatic N) is 1. The topological polar surface area (TPSA) is 172 Å². The van der Waals surface area contributed by atoms with Gasteiger partial charge in [-0.05, 0) is 18.2 Å². The minimum atomic E-state index is -2.01. The molecule has 0 bridgehead atoms. The van der Waals surface area contributed by atoms with Crippen LogP contribution in [0.5, 0.6) is 34.5 Å². The lowest BCUT2D eigenvalue weighted by atomic mass is 9.76. The number of aromatic hydroxyl groups is 2. The van der Waals surface area contributed by atoms with E-state index in [2.05, 4.69) is 0 Å². The van der Waals surface area contributed by atoms with Crippen molar-refractivity contribution >= 4 is 23.6 Å². The molecule has 1 atom stereocenters. The second-order valence-corrected chi connectivity index (χ2v) is 8.37. The minimum absolute atomic E-state index is 0.0694. The normalized spacial score (nSPS) is 16.5. The molecule has 12 heteroatoms. The van der Waals surface area contributed by atoms with Gasteiger partial charge in [-0.1, -0.05) is 32.0 Å². The third-order valence-electron chi connectivity index (χ3n) is 6.20.